The summed E-state index contributed by atoms with van der Waals surface area (Å²) < 4.78 is 11.2. The van der Waals surface area contributed by atoms with Gasteiger partial charge in [-0.3, -0.25) is 0 Å². The zero-order chi connectivity index (χ0) is 11.2. The topological polar surface area (TPSA) is 44.5 Å². The molecule has 1 aliphatic carbocycles. The third-order valence-electron chi connectivity index (χ3n) is 2.82. The molecule has 88 valence electrons. The van der Waals surface area contributed by atoms with E-state index in [2.05, 4.69) is 0 Å². The molecule has 1 aromatic carbocycles. The summed E-state index contributed by atoms with van der Waals surface area (Å²) in [5, 5.41) is 0. The number of rotatable bonds is 6. The van der Waals surface area contributed by atoms with E-state index in [9.17, 15) is 0 Å². The summed E-state index contributed by atoms with van der Waals surface area (Å²) in [5.41, 5.74) is 6.39. The number of anilines is 1. The third kappa shape index (κ3) is 3.42. The summed E-state index contributed by atoms with van der Waals surface area (Å²) in [6.45, 7) is 1.49. The van der Waals surface area contributed by atoms with E-state index >= 15 is 0 Å². The van der Waals surface area contributed by atoms with Gasteiger partial charge in [0.2, 0.25) is 0 Å². The zero-order valence-electron chi connectivity index (χ0n) is 9.52. The molecule has 3 heteroatoms. The second kappa shape index (κ2) is 5.75. The minimum absolute atomic E-state index is 0.521. The Morgan fingerprint density at radius 1 is 1.25 bits per heavy atom. The lowest BCUT2D eigenvalue weighted by Gasteiger charge is -2.25. The Kier molecular flexibility index (Phi) is 4.05. The van der Waals surface area contributed by atoms with Crippen molar-refractivity contribution in [3.63, 3.8) is 0 Å². The van der Waals surface area contributed by atoms with Gasteiger partial charge in [0.05, 0.1) is 19.3 Å². The molecule has 0 bridgehead atoms. The molecule has 0 unspecified atom stereocenters. The molecule has 0 atom stereocenters. The van der Waals surface area contributed by atoms with Gasteiger partial charge < -0.3 is 15.2 Å². The van der Waals surface area contributed by atoms with Crippen LogP contribution in [-0.2, 0) is 4.74 Å². The van der Waals surface area contributed by atoms with E-state index in [0.717, 1.165) is 24.5 Å². The molecule has 1 fully saturated rings. The number of nitrogens with two attached hydrogens (primary N) is 1. The summed E-state index contributed by atoms with van der Waals surface area (Å²) in [4.78, 5) is 0. The first-order valence-corrected chi connectivity index (χ1v) is 5.94. The Hall–Kier alpha value is -1.22. The molecule has 0 spiro atoms. The Morgan fingerprint density at radius 3 is 2.81 bits per heavy atom. The van der Waals surface area contributed by atoms with Gasteiger partial charge >= 0.3 is 0 Å². The lowest BCUT2D eigenvalue weighted by atomic mass is 9.96. The number of ether oxygens (including phenoxy) is 2. The van der Waals surface area contributed by atoms with Crippen LogP contribution in [0.4, 0.5) is 5.69 Å². The molecular weight excluding hydrogens is 202 g/mol. The second-order valence-electron chi connectivity index (χ2n) is 4.20. The van der Waals surface area contributed by atoms with Gasteiger partial charge in [0.1, 0.15) is 5.75 Å². The van der Waals surface area contributed by atoms with Crippen molar-refractivity contribution in [3.05, 3.63) is 24.3 Å². The van der Waals surface area contributed by atoms with Crippen LogP contribution in [0.1, 0.15) is 25.7 Å². The van der Waals surface area contributed by atoms with Gasteiger partial charge in [-0.15, -0.1) is 0 Å². The maximum absolute atomic E-state index is 5.65. The lowest BCUT2D eigenvalue weighted by Crippen LogP contribution is -2.22. The van der Waals surface area contributed by atoms with Gasteiger partial charge in [0.15, 0.2) is 0 Å². The van der Waals surface area contributed by atoms with Crippen LogP contribution in [0, 0.1) is 0 Å². The molecule has 1 aromatic rings. The van der Waals surface area contributed by atoms with E-state index in [1.165, 1.54) is 19.3 Å². The standard InChI is InChI=1S/C13H19NO2/c14-11-4-1-7-13(10-11)16-9-3-8-15-12-5-2-6-12/h1,4,7,10,12H,2-3,5-6,8-9,14H2. The number of hydrogen-bond donors (Lipinski definition) is 1. The van der Waals surface area contributed by atoms with Crippen LogP contribution < -0.4 is 10.5 Å². The van der Waals surface area contributed by atoms with E-state index in [-0.39, 0.29) is 0 Å². The van der Waals surface area contributed by atoms with Crippen LogP contribution in [0.2, 0.25) is 0 Å². The van der Waals surface area contributed by atoms with Gasteiger partial charge in [-0.05, 0) is 31.4 Å². The zero-order valence-corrected chi connectivity index (χ0v) is 9.52. The van der Waals surface area contributed by atoms with Crippen LogP contribution in [-0.4, -0.2) is 19.3 Å². The fourth-order valence-corrected chi connectivity index (χ4v) is 1.64. The number of hydrogen-bond acceptors (Lipinski definition) is 3. The van der Waals surface area contributed by atoms with Crippen LogP contribution in [0.3, 0.4) is 0 Å². The number of benzene rings is 1. The van der Waals surface area contributed by atoms with Crippen molar-refractivity contribution in [2.45, 2.75) is 31.8 Å². The third-order valence-corrected chi connectivity index (χ3v) is 2.82. The molecule has 1 saturated carbocycles. The average Bonchev–Trinajstić information content (AvgIpc) is 2.20. The molecule has 0 amide bonds. The highest BCUT2D eigenvalue weighted by molar-refractivity contribution is 5.43. The van der Waals surface area contributed by atoms with E-state index in [0.29, 0.717) is 12.7 Å². The Balaban J connectivity index is 1.56. The average molecular weight is 221 g/mol. The molecule has 0 radical (unpaired) electrons. The normalized spacial score (nSPS) is 15.8. The van der Waals surface area contributed by atoms with E-state index < -0.39 is 0 Å². The highest BCUT2D eigenvalue weighted by Gasteiger charge is 2.16. The summed E-state index contributed by atoms with van der Waals surface area (Å²) in [6, 6.07) is 7.51. The van der Waals surface area contributed by atoms with E-state index in [1.54, 1.807) is 0 Å². The first kappa shape index (κ1) is 11.3. The van der Waals surface area contributed by atoms with E-state index in [1.807, 2.05) is 24.3 Å². The molecule has 0 aliphatic heterocycles. The predicted octanol–water partition coefficient (Wildman–Crippen LogP) is 2.61. The molecule has 0 saturated heterocycles. The SMILES string of the molecule is Nc1cccc(OCCCOC2CCC2)c1. The summed E-state index contributed by atoms with van der Waals surface area (Å²) in [7, 11) is 0. The largest absolute Gasteiger partial charge is 0.493 e. The molecule has 0 aromatic heterocycles. The van der Waals surface area contributed by atoms with Crippen molar-refractivity contribution in [1.29, 1.82) is 0 Å². The molecule has 2 rings (SSSR count). The van der Waals surface area contributed by atoms with Crippen LogP contribution >= 0.6 is 0 Å². The summed E-state index contributed by atoms with van der Waals surface area (Å²) in [6.07, 6.45) is 5.24. The lowest BCUT2D eigenvalue weighted by molar-refractivity contribution is -0.00223. The summed E-state index contributed by atoms with van der Waals surface area (Å²) in [5.74, 6) is 0.837. The van der Waals surface area contributed by atoms with Crippen LogP contribution in [0.15, 0.2) is 24.3 Å². The van der Waals surface area contributed by atoms with Crippen LogP contribution in [0.25, 0.3) is 0 Å². The fourth-order valence-electron chi connectivity index (χ4n) is 1.64. The van der Waals surface area contributed by atoms with Crippen molar-refractivity contribution in [2.24, 2.45) is 0 Å². The maximum atomic E-state index is 5.65. The monoisotopic (exact) mass is 221 g/mol. The minimum Gasteiger partial charge on any atom is -0.493 e. The Bertz CT molecular complexity index is 323. The van der Waals surface area contributed by atoms with Gasteiger partial charge in [-0.1, -0.05) is 6.07 Å². The van der Waals surface area contributed by atoms with E-state index in [4.69, 9.17) is 15.2 Å². The minimum atomic E-state index is 0.521. The first-order valence-electron chi connectivity index (χ1n) is 5.94. The Labute approximate surface area is 96.5 Å². The smallest absolute Gasteiger partial charge is 0.121 e. The van der Waals surface area contributed by atoms with Gasteiger partial charge in [-0.25, -0.2) is 0 Å². The van der Waals surface area contributed by atoms with Gasteiger partial charge in [0.25, 0.3) is 0 Å². The molecule has 0 heterocycles. The van der Waals surface area contributed by atoms with Gasteiger partial charge in [0, 0.05) is 18.2 Å². The first-order chi connectivity index (χ1) is 7.84. The summed E-state index contributed by atoms with van der Waals surface area (Å²) >= 11 is 0. The second-order valence-corrected chi connectivity index (χ2v) is 4.20. The number of nitrogen functional groups attached to an aromatic ring is 1. The highest BCUT2D eigenvalue weighted by atomic mass is 16.5. The Morgan fingerprint density at radius 2 is 2.12 bits per heavy atom. The predicted molar refractivity (Wildman–Crippen MR) is 64.6 cm³/mol. The molecule has 16 heavy (non-hydrogen) atoms. The fraction of sp³-hybridized carbons (Fsp3) is 0.538. The van der Waals surface area contributed by atoms with Crippen LogP contribution in [0.5, 0.6) is 5.75 Å². The molecule has 2 N–H and O–H groups in total. The molecule has 1 aliphatic rings. The highest BCUT2D eigenvalue weighted by Crippen LogP contribution is 2.21. The maximum Gasteiger partial charge on any atom is 0.121 e. The molecular formula is C13H19NO2. The van der Waals surface area contributed by atoms with Crippen molar-refractivity contribution >= 4 is 5.69 Å². The van der Waals surface area contributed by atoms with Crippen molar-refractivity contribution < 1.29 is 9.47 Å². The van der Waals surface area contributed by atoms with Crippen molar-refractivity contribution in [2.75, 3.05) is 18.9 Å². The molecule has 3 nitrogen and oxygen atoms in total. The van der Waals surface area contributed by atoms with Crippen molar-refractivity contribution in [1.82, 2.24) is 0 Å². The quantitative estimate of drug-likeness (QED) is 0.593. The van der Waals surface area contributed by atoms with Crippen molar-refractivity contribution in [3.8, 4) is 5.75 Å². The van der Waals surface area contributed by atoms with Gasteiger partial charge in [-0.2, -0.15) is 0 Å².